The molecule has 1 aromatic heterocycles. The second-order valence-corrected chi connectivity index (χ2v) is 6.96. The fourth-order valence-electron chi connectivity index (χ4n) is 2.57. The van der Waals surface area contributed by atoms with Gasteiger partial charge in [0.05, 0.1) is 16.8 Å². The number of ether oxygens (including phenoxy) is 2. The quantitative estimate of drug-likeness (QED) is 0.580. The highest BCUT2D eigenvalue weighted by Crippen LogP contribution is 2.18. The summed E-state index contributed by atoms with van der Waals surface area (Å²) in [4.78, 5) is 17.0. The molecule has 0 saturated carbocycles. The van der Waals surface area contributed by atoms with E-state index in [-0.39, 0.29) is 12.4 Å². The molecular formula is C20H21FN2O3S. The lowest BCUT2D eigenvalue weighted by Gasteiger charge is -2.06. The van der Waals surface area contributed by atoms with Crippen molar-refractivity contribution in [1.29, 1.82) is 0 Å². The highest BCUT2D eigenvalue weighted by atomic mass is 32.1. The van der Waals surface area contributed by atoms with E-state index in [9.17, 15) is 9.18 Å². The minimum Gasteiger partial charge on any atom is -0.484 e. The van der Waals surface area contributed by atoms with E-state index in [1.807, 2.05) is 42.7 Å². The van der Waals surface area contributed by atoms with Crippen LogP contribution in [-0.2, 0) is 16.1 Å². The first kappa shape index (κ1) is 19.3. The molecular weight excluding hydrogens is 367 g/mol. The van der Waals surface area contributed by atoms with Crippen LogP contribution >= 0.6 is 11.3 Å². The molecule has 142 valence electrons. The molecule has 0 fully saturated rings. The van der Waals surface area contributed by atoms with Crippen molar-refractivity contribution in [2.75, 3.05) is 19.8 Å². The van der Waals surface area contributed by atoms with Gasteiger partial charge in [-0.3, -0.25) is 4.79 Å². The second kappa shape index (κ2) is 8.92. The summed E-state index contributed by atoms with van der Waals surface area (Å²) in [5.41, 5.74) is 1.94. The zero-order valence-corrected chi connectivity index (χ0v) is 16.1. The third-order valence-corrected chi connectivity index (χ3v) is 4.95. The average molecular weight is 388 g/mol. The number of halogens is 1. The number of fused-ring (bicyclic) bond motifs is 1. The number of carbonyl (C=O) groups excluding carboxylic acids is 1. The molecule has 2 aromatic carbocycles. The molecule has 0 aliphatic heterocycles. The van der Waals surface area contributed by atoms with E-state index in [1.165, 1.54) is 23.5 Å². The van der Waals surface area contributed by atoms with Crippen LogP contribution in [-0.4, -0.2) is 30.3 Å². The molecule has 7 heteroatoms. The van der Waals surface area contributed by atoms with Gasteiger partial charge >= 0.3 is 0 Å². The number of benzene rings is 2. The number of aromatic nitrogens is 1. The first-order chi connectivity index (χ1) is 13.1. The second-order valence-electron chi connectivity index (χ2n) is 5.95. The molecule has 0 aliphatic rings. The average Bonchev–Trinajstić information content (AvgIpc) is 2.97. The van der Waals surface area contributed by atoms with Crippen molar-refractivity contribution in [3.05, 3.63) is 58.6 Å². The van der Waals surface area contributed by atoms with E-state index in [4.69, 9.17) is 9.47 Å². The summed E-state index contributed by atoms with van der Waals surface area (Å²) in [6.45, 7) is 5.37. The summed E-state index contributed by atoms with van der Waals surface area (Å²) >= 11 is 1.27. The number of rotatable bonds is 7. The maximum absolute atomic E-state index is 13.5. The molecule has 0 saturated heterocycles. The number of nitrogens with zero attached hydrogens (tertiary/aromatic N) is 2. The van der Waals surface area contributed by atoms with Crippen molar-refractivity contribution in [2.45, 2.75) is 20.4 Å². The SMILES string of the molecule is CCOCCn1c(=NC(=O)COc2ccc(C)cc2)sc2cc(F)ccc21. The molecule has 5 nitrogen and oxygen atoms in total. The predicted octanol–water partition coefficient (Wildman–Crippen LogP) is 3.69. The molecule has 3 rings (SSSR count). The summed E-state index contributed by atoms with van der Waals surface area (Å²) in [5, 5.41) is 0. The fraction of sp³-hybridized carbons (Fsp3) is 0.300. The zero-order valence-electron chi connectivity index (χ0n) is 15.3. The summed E-state index contributed by atoms with van der Waals surface area (Å²) in [7, 11) is 0. The van der Waals surface area contributed by atoms with Gasteiger partial charge < -0.3 is 14.0 Å². The van der Waals surface area contributed by atoms with E-state index in [0.717, 1.165) is 15.8 Å². The van der Waals surface area contributed by atoms with Crippen molar-refractivity contribution in [2.24, 2.45) is 4.99 Å². The molecule has 1 heterocycles. The third-order valence-electron chi connectivity index (χ3n) is 3.91. The van der Waals surface area contributed by atoms with E-state index in [2.05, 4.69) is 4.99 Å². The van der Waals surface area contributed by atoms with E-state index >= 15 is 0 Å². The van der Waals surface area contributed by atoms with Gasteiger partial charge in [-0.1, -0.05) is 29.0 Å². The number of amides is 1. The normalized spacial score (nSPS) is 11.9. The number of hydrogen-bond donors (Lipinski definition) is 0. The van der Waals surface area contributed by atoms with Crippen molar-refractivity contribution >= 4 is 27.5 Å². The summed E-state index contributed by atoms with van der Waals surface area (Å²) in [6, 6.07) is 12.0. The topological polar surface area (TPSA) is 52.8 Å². The number of thiazole rings is 1. The van der Waals surface area contributed by atoms with E-state index in [0.29, 0.717) is 30.3 Å². The van der Waals surface area contributed by atoms with Crippen LogP contribution in [0.25, 0.3) is 10.2 Å². The maximum Gasteiger partial charge on any atom is 0.286 e. The predicted molar refractivity (Wildman–Crippen MR) is 104 cm³/mol. The molecule has 3 aromatic rings. The van der Waals surface area contributed by atoms with Crippen LogP contribution in [0.3, 0.4) is 0 Å². The van der Waals surface area contributed by atoms with Gasteiger partial charge in [0.1, 0.15) is 11.6 Å². The molecule has 0 N–H and O–H groups in total. The number of aryl methyl sites for hydroxylation is 1. The summed E-state index contributed by atoms with van der Waals surface area (Å²) in [5.74, 6) is -0.0964. The Labute approximate surface area is 160 Å². The van der Waals surface area contributed by atoms with Crippen LogP contribution in [0.4, 0.5) is 4.39 Å². The van der Waals surface area contributed by atoms with Crippen LogP contribution < -0.4 is 9.54 Å². The van der Waals surface area contributed by atoms with E-state index in [1.54, 1.807) is 6.07 Å². The van der Waals surface area contributed by atoms with Gasteiger partial charge in [0.25, 0.3) is 5.91 Å². The lowest BCUT2D eigenvalue weighted by atomic mass is 10.2. The van der Waals surface area contributed by atoms with Crippen LogP contribution in [0.5, 0.6) is 5.75 Å². The summed E-state index contributed by atoms with van der Waals surface area (Å²) in [6.07, 6.45) is 0. The minimum atomic E-state index is -0.396. The molecule has 0 unspecified atom stereocenters. The molecule has 0 spiro atoms. The Morgan fingerprint density at radius 1 is 1.22 bits per heavy atom. The standard InChI is InChI=1S/C20H21FN2O3S/c1-3-25-11-10-23-17-9-6-15(21)12-18(17)27-20(23)22-19(24)13-26-16-7-4-14(2)5-8-16/h4-9,12H,3,10-11,13H2,1-2H3. The number of hydrogen-bond acceptors (Lipinski definition) is 4. The van der Waals surface area contributed by atoms with Gasteiger partial charge in [-0.15, -0.1) is 0 Å². The van der Waals surface area contributed by atoms with Gasteiger partial charge in [-0.05, 0) is 44.2 Å². The van der Waals surface area contributed by atoms with Gasteiger partial charge in [-0.2, -0.15) is 4.99 Å². The van der Waals surface area contributed by atoms with Crippen molar-refractivity contribution in [3.8, 4) is 5.75 Å². The fourth-order valence-corrected chi connectivity index (χ4v) is 3.67. The zero-order chi connectivity index (χ0) is 19.2. The van der Waals surface area contributed by atoms with Crippen molar-refractivity contribution < 1.29 is 18.7 Å². The van der Waals surface area contributed by atoms with Crippen LogP contribution in [0.1, 0.15) is 12.5 Å². The third kappa shape index (κ3) is 5.02. The van der Waals surface area contributed by atoms with Crippen molar-refractivity contribution in [3.63, 3.8) is 0 Å². The Bertz CT molecular complexity index is 993. The molecule has 0 radical (unpaired) electrons. The van der Waals surface area contributed by atoms with Crippen LogP contribution in [0.15, 0.2) is 47.5 Å². The first-order valence-electron chi connectivity index (χ1n) is 8.70. The maximum atomic E-state index is 13.5. The van der Waals surface area contributed by atoms with Gasteiger partial charge in [-0.25, -0.2) is 4.39 Å². The van der Waals surface area contributed by atoms with Gasteiger partial charge in [0, 0.05) is 13.2 Å². The minimum absolute atomic E-state index is 0.156. The number of carbonyl (C=O) groups is 1. The molecule has 1 amide bonds. The van der Waals surface area contributed by atoms with Crippen LogP contribution in [0.2, 0.25) is 0 Å². The van der Waals surface area contributed by atoms with Gasteiger partial charge in [0.2, 0.25) is 0 Å². The molecule has 27 heavy (non-hydrogen) atoms. The Hall–Kier alpha value is -2.51. The largest absolute Gasteiger partial charge is 0.484 e. The van der Waals surface area contributed by atoms with Crippen molar-refractivity contribution in [1.82, 2.24) is 4.57 Å². The van der Waals surface area contributed by atoms with Gasteiger partial charge in [0.15, 0.2) is 11.4 Å². The summed E-state index contributed by atoms with van der Waals surface area (Å²) < 4.78 is 27.1. The molecule has 0 aliphatic carbocycles. The Morgan fingerprint density at radius 3 is 2.74 bits per heavy atom. The lowest BCUT2D eigenvalue weighted by molar-refractivity contribution is -0.120. The Balaban J connectivity index is 1.83. The first-order valence-corrected chi connectivity index (χ1v) is 9.52. The highest BCUT2D eigenvalue weighted by Gasteiger charge is 2.09. The monoisotopic (exact) mass is 388 g/mol. The van der Waals surface area contributed by atoms with E-state index < -0.39 is 5.91 Å². The Kier molecular flexibility index (Phi) is 6.36. The highest BCUT2D eigenvalue weighted by molar-refractivity contribution is 7.16. The molecule has 0 atom stereocenters. The lowest BCUT2D eigenvalue weighted by Crippen LogP contribution is -2.21. The van der Waals surface area contributed by atoms with Crippen LogP contribution in [0, 0.1) is 12.7 Å². The smallest absolute Gasteiger partial charge is 0.286 e. The molecule has 0 bridgehead atoms. The Morgan fingerprint density at radius 2 is 2.00 bits per heavy atom.